The minimum Gasteiger partial charge on any atom is -0.392 e. The highest BCUT2D eigenvalue weighted by Gasteiger charge is 2.03. The summed E-state index contributed by atoms with van der Waals surface area (Å²) in [7, 11) is 0. The zero-order valence-corrected chi connectivity index (χ0v) is 8.26. The second-order valence-electron chi connectivity index (χ2n) is 3.14. The number of hydrogen-bond acceptors (Lipinski definition) is 1. The van der Waals surface area contributed by atoms with Crippen molar-refractivity contribution in [3.05, 3.63) is 60.7 Å². The van der Waals surface area contributed by atoms with E-state index in [2.05, 4.69) is 18.7 Å². The summed E-state index contributed by atoms with van der Waals surface area (Å²) in [5, 5.41) is 8.61. The van der Waals surface area contributed by atoms with Crippen LogP contribution in [0.4, 0.5) is 0 Å². The molecule has 1 nitrogen and oxygen atoms in total. The van der Waals surface area contributed by atoms with Gasteiger partial charge in [0, 0.05) is 5.92 Å². The van der Waals surface area contributed by atoms with Crippen LogP contribution in [-0.4, -0.2) is 11.7 Å². The van der Waals surface area contributed by atoms with Gasteiger partial charge in [0.2, 0.25) is 0 Å². The van der Waals surface area contributed by atoms with Gasteiger partial charge >= 0.3 is 0 Å². The Kier molecular flexibility index (Phi) is 4.73. The van der Waals surface area contributed by atoms with Crippen LogP contribution in [0.25, 0.3) is 0 Å². The molecule has 1 aromatic rings. The highest BCUT2D eigenvalue weighted by Crippen LogP contribution is 2.20. The van der Waals surface area contributed by atoms with Crippen molar-refractivity contribution in [1.82, 2.24) is 0 Å². The molecular weight excluding hydrogens is 172 g/mol. The largest absolute Gasteiger partial charge is 0.392 e. The molecule has 0 aromatic heterocycles. The van der Waals surface area contributed by atoms with Crippen molar-refractivity contribution in [3.8, 4) is 0 Å². The van der Waals surface area contributed by atoms with E-state index < -0.39 is 0 Å². The molecule has 14 heavy (non-hydrogen) atoms. The van der Waals surface area contributed by atoms with E-state index in [1.807, 2.05) is 30.4 Å². The van der Waals surface area contributed by atoms with Gasteiger partial charge in [-0.25, -0.2) is 0 Å². The second kappa shape index (κ2) is 6.17. The van der Waals surface area contributed by atoms with Crippen molar-refractivity contribution in [2.75, 3.05) is 6.61 Å². The molecule has 1 aromatic carbocycles. The molecule has 0 amide bonds. The van der Waals surface area contributed by atoms with Crippen LogP contribution in [0.1, 0.15) is 17.9 Å². The van der Waals surface area contributed by atoms with Crippen LogP contribution in [0.15, 0.2) is 55.1 Å². The molecule has 0 heterocycles. The smallest absolute Gasteiger partial charge is 0.0612 e. The van der Waals surface area contributed by atoms with Gasteiger partial charge in [-0.05, 0) is 12.0 Å². The Morgan fingerprint density at radius 1 is 1.21 bits per heavy atom. The van der Waals surface area contributed by atoms with Crippen molar-refractivity contribution in [2.45, 2.75) is 12.3 Å². The lowest BCUT2D eigenvalue weighted by atomic mass is 9.96. The van der Waals surface area contributed by atoms with Gasteiger partial charge in [0.15, 0.2) is 0 Å². The van der Waals surface area contributed by atoms with Crippen LogP contribution in [0.2, 0.25) is 0 Å². The van der Waals surface area contributed by atoms with Gasteiger partial charge < -0.3 is 5.11 Å². The summed E-state index contributed by atoms with van der Waals surface area (Å²) in [5.41, 5.74) is 1.27. The van der Waals surface area contributed by atoms with Crippen molar-refractivity contribution in [2.24, 2.45) is 0 Å². The third kappa shape index (κ3) is 3.19. The van der Waals surface area contributed by atoms with E-state index in [-0.39, 0.29) is 6.61 Å². The molecule has 0 saturated heterocycles. The normalized spacial score (nSPS) is 12.9. The first kappa shape index (κ1) is 10.7. The molecule has 74 valence electrons. The lowest BCUT2D eigenvalue weighted by Gasteiger charge is -2.09. The van der Waals surface area contributed by atoms with Crippen LogP contribution in [0, 0.1) is 0 Å². The first-order valence-corrected chi connectivity index (χ1v) is 4.82. The maximum Gasteiger partial charge on any atom is 0.0612 e. The number of rotatable bonds is 5. The van der Waals surface area contributed by atoms with Crippen LogP contribution in [0.3, 0.4) is 0 Å². The van der Waals surface area contributed by atoms with Crippen molar-refractivity contribution >= 4 is 0 Å². The van der Waals surface area contributed by atoms with Crippen molar-refractivity contribution < 1.29 is 5.11 Å². The molecule has 0 saturated carbocycles. The van der Waals surface area contributed by atoms with Gasteiger partial charge in [-0.1, -0.05) is 48.6 Å². The third-order valence-corrected chi connectivity index (χ3v) is 2.17. The van der Waals surface area contributed by atoms with E-state index in [9.17, 15) is 0 Å². The number of hydrogen-bond donors (Lipinski definition) is 1. The SMILES string of the molecule is C=CC(C/C=C/CO)c1ccccc1. The van der Waals surface area contributed by atoms with Crippen LogP contribution in [-0.2, 0) is 0 Å². The van der Waals surface area contributed by atoms with Crippen LogP contribution >= 0.6 is 0 Å². The maximum atomic E-state index is 8.61. The minimum absolute atomic E-state index is 0.110. The first-order chi connectivity index (χ1) is 6.88. The molecular formula is C13H16O. The van der Waals surface area contributed by atoms with Gasteiger partial charge in [-0.2, -0.15) is 0 Å². The molecule has 1 rings (SSSR count). The summed E-state index contributed by atoms with van der Waals surface area (Å²) in [6, 6.07) is 10.3. The van der Waals surface area contributed by atoms with E-state index in [0.717, 1.165) is 6.42 Å². The zero-order valence-electron chi connectivity index (χ0n) is 8.26. The Balaban J connectivity index is 2.63. The molecule has 0 aliphatic heterocycles. The monoisotopic (exact) mass is 188 g/mol. The Labute approximate surface area is 85.4 Å². The first-order valence-electron chi connectivity index (χ1n) is 4.82. The van der Waals surface area contributed by atoms with E-state index in [0.29, 0.717) is 5.92 Å². The highest BCUT2D eigenvalue weighted by molar-refractivity contribution is 5.23. The van der Waals surface area contributed by atoms with Gasteiger partial charge in [0.05, 0.1) is 6.61 Å². The summed E-state index contributed by atoms with van der Waals surface area (Å²) in [6.07, 6.45) is 6.59. The van der Waals surface area contributed by atoms with Gasteiger partial charge in [-0.15, -0.1) is 6.58 Å². The second-order valence-corrected chi connectivity index (χ2v) is 3.14. The van der Waals surface area contributed by atoms with E-state index >= 15 is 0 Å². The molecule has 0 radical (unpaired) electrons. The summed E-state index contributed by atoms with van der Waals surface area (Å²) in [6.45, 7) is 3.93. The predicted molar refractivity (Wildman–Crippen MR) is 60.2 cm³/mol. The molecule has 1 unspecified atom stereocenters. The standard InChI is InChI=1S/C13H16O/c1-2-12(8-6-7-11-14)13-9-4-3-5-10-13/h2-7,9-10,12,14H,1,8,11H2/b7-6+. The third-order valence-electron chi connectivity index (χ3n) is 2.17. The van der Waals surface area contributed by atoms with E-state index in [1.54, 1.807) is 6.08 Å². The number of aliphatic hydroxyl groups is 1. The van der Waals surface area contributed by atoms with Gasteiger partial charge in [0.1, 0.15) is 0 Å². The summed E-state index contributed by atoms with van der Waals surface area (Å²) >= 11 is 0. The average molecular weight is 188 g/mol. The Bertz CT molecular complexity index is 287. The van der Waals surface area contributed by atoms with E-state index in [4.69, 9.17) is 5.11 Å². The summed E-state index contributed by atoms with van der Waals surface area (Å²) in [5.74, 6) is 0.346. The fraction of sp³-hybridized carbons (Fsp3) is 0.231. The molecule has 1 N–H and O–H groups in total. The van der Waals surface area contributed by atoms with E-state index in [1.165, 1.54) is 5.56 Å². The minimum atomic E-state index is 0.110. The topological polar surface area (TPSA) is 20.2 Å². The van der Waals surface area contributed by atoms with Crippen LogP contribution in [0.5, 0.6) is 0 Å². The van der Waals surface area contributed by atoms with Crippen molar-refractivity contribution in [3.63, 3.8) is 0 Å². The number of aliphatic hydroxyl groups excluding tert-OH is 1. The highest BCUT2D eigenvalue weighted by atomic mass is 16.2. The molecule has 0 fully saturated rings. The number of benzene rings is 1. The molecule has 1 heteroatoms. The fourth-order valence-electron chi connectivity index (χ4n) is 1.39. The lowest BCUT2D eigenvalue weighted by molar-refractivity contribution is 0.342. The van der Waals surface area contributed by atoms with Crippen LogP contribution < -0.4 is 0 Å². The molecule has 0 aliphatic rings. The average Bonchev–Trinajstić information content (AvgIpc) is 2.26. The predicted octanol–water partition coefficient (Wildman–Crippen LogP) is 2.89. The fourth-order valence-corrected chi connectivity index (χ4v) is 1.39. The molecule has 0 spiro atoms. The Morgan fingerprint density at radius 3 is 2.50 bits per heavy atom. The van der Waals surface area contributed by atoms with Crippen molar-refractivity contribution in [1.29, 1.82) is 0 Å². The number of allylic oxidation sites excluding steroid dienone is 2. The van der Waals surface area contributed by atoms with Gasteiger partial charge in [-0.3, -0.25) is 0 Å². The summed E-state index contributed by atoms with van der Waals surface area (Å²) in [4.78, 5) is 0. The Morgan fingerprint density at radius 2 is 1.93 bits per heavy atom. The molecule has 0 bridgehead atoms. The Hall–Kier alpha value is -1.34. The summed E-state index contributed by atoms with van der Waals surface area (Å²) < 4.78 is 0. The molecule has 0 aliphatic carbocycles. The molecule has 1 atom stereocenters. The quantitative estimate of drug-likeness (QED) is 0.704. The van der Waals surface area contributed by atoms with Gasteiger partial charge in [0.25, 0.3) is 0 Å². The zero-order chi connectivity index (χ0) is 10.2. The lowest BCUT2D eigenvalue weighted by Crippen LogP contribution is -1.92. The maximum absolute atomic E-state index is 8.61.